The molecule has 0 saturated carbocycles. The Hall–Kier alpha value is -2.68. The highest BCUT2D eigenvalue weighted by atomic mass is 35.5. The van der Waals surface area contributed by atoms with E-state index in [1.807, 2.05) is 18.2 Å². The van der Waals surface area contributed by atoms with Crippen molar-refractivity contribution in [1.82, 2.24) is 19.6 Å². The second-order valence-electron chi connectivity index (χ2n) is 7.58. The van der Waals surface area contributed by atoms with Gasteiger partial charge < -0.3 is 15.0 Å². The van der Waals surface area contributed by atoms with E-state index in [1.165, 1.54) is 17.1 Å². The number of anilines is 1. The molecule has 0 atom stereocenters. The molecule has 0 aliphatic carbocycles. The van der Waals surface area contributed by atoms with Gasteiger partial charge in [-0.1, -0.05) is 41.9 Å². The Morgan fingerprint density at radius 3 is 2.56 bits per heavy atom. The van der Waals surface area contributed by atoms with Gasteiger partial charge >= 0.3 is 0 Å². The quantitative estimate of drug-likeness (QED) is 0.517. The molecule has 3 aromatic rings. The fraction of sp³-hybridized carbons (Fsp3) is 0.348. The van der Waals surface area contributed by atoms with Gasteiger partial charge in [0.05, 0.1) is 0 Å². The third-order valence-corrected chi connectivity index (χ3v) is 6.31. The Morgan fingerprint density at radius 2 is 1.81 bits per heavy atom. The van der Waals surface area contributed by atoms with E-state index in [9.17, 15) is 4.79 Å². The van der Waals surface area contributed by atoms with Crippen LogP contribution in [0.2, 0.25) is 5.02 Å². The molecule has 0 unspecified atom stereocenters. The van der Waals surface area contributed by atoms with Gasteiger partial charge in [-0.15, -0.1) is 0 Å². The number of ether oxygens (including phenoxy) is 1. The van der Waals surface area contributed by atoms with Crippen LogP contribution in [0, 0.1) is 0 Å². The number of carbonyl (C=O) groups is 1. The van der Waals surface area contributed by atoms with Gasteiger partial charge in [0.25, 0.3) is 5.91 Å². The van der Waals surface area contributed by atoms with Gasteiger partial charge in [0.15, 0.2) is 6.61 Å². The molecule has 0 radical (unpaired) electrons. The molecule has 1 N–H and O–H groups in total. The zero-order valence-electron chi connectivity index (χ0n) is 17.7. The molecule has 1 saturated heterocycles. The Kier molecular flexibility index (Phi) is 7.92. The Morgan fingerprint density at radius 1 is 1.06 bits per heavy atom. The summed E-state index contributed by atoms with van der Waals surface area (Å²) in [4.78, 5) is 21.4. The van der Waals surface area contributed by atoms with E-state index in [-0.39, 0.29) is 12.5 Å². The Bertz CT molecular complexity index is 991. The molecule has 7 nitrogen and oxygen atoms in total. The summed E-state index contributed by atoms with van der Waals surface area (Å²) in [5, 5.41) is 4.54. The van der Waals surface area contributed by atoms with Gasteiger partial charge in [0, 0.05) is 62.2 Å². The van der Waals surface area contributed by atoms with Crippen LogP contribution in [0.4, 0.5) is 5.13 Å². The lowest BCUT2D eigenvalue weighted by Crippen LogP contribution is -2.48. The number of carbonyl (C=O) groups excluding carboxylic acids is 1. The molecule has 2 heterocycles. The number of nitrogens with one attached hydrogen (secondary N) is 1. The maximum absolute atomic E-state index is 12.0. The van der Waals surface area contributed by atoms with Crippen LogP contribution in [0.15, 0.2) is 54.6 Å². The monoisotopic (exact) mass is 471 g/mol. The first-order chi connectivity index (χ1) is 15.7. The van der Waals surface area contributed by atoms with Crippen LogP contribution >= 0.6 is 23.1 Å². The molecular weight excluding hydrogens is 446 g/mol. The molecule has 168 valence electrons. The van der Waals surface area contributed by atoms with Crippen LogP contribution in [-0.4, -0.2) is 66.0 Å². The zero-order chi connectivity index (χ0) is 22.2. The Balaban J connectivity index is 1.13. The van der Waals surface area contributed by atoms with Crippen molar-refractivity contribution in [3.05, 3.63) is 71.0 Å². The molecule has 0 bridgehead atoms. The van der Waals surface area contributed by atoms with E-state index in [2.05, 4.69) is 31.6 Å². The molecule has 2 aromatic carbocycles. The van der Waals surface area contributed by atoms with Crippen LogP contribution < -0.4 is 15.0 Å². The van der Waals surface area contributed by atoms with Gasteiger partial charge in [-0.3, -0.25) is 9.69 Å². The normalized spacial score (nSPS) is 14.3. The average molecular weight is 472 g/mol. The maximum atomic E-state index is 12.0. The molecule has 1 aliphatic rings. The fourth-order valence-electron chi connectivity index (χ4n) is 3.47. The first-order valence-corrected chi connectivity index (χ1v) is 11.8. The van der Waals surface area contributed by atoms with Crippen LogP contribution in [0.3, 0.4) is 0 Å². The van der Waals surface area contributed by atoms with Gasteiger partial charge in [-0.2, -0.15) is 4.37 Å². The number of piperazine rings is 1. The third kappa shape index (κ3) is 6.66. The van der Waals surface area contributed by atoms with Crippen LogP contribution in [0.25, 0.3) is 0 Å². The average Bonchev–Trinajstić information content (AvgIpc) is 3.28. The lowest BCUT2D eigenvalue weighted by Gasteiger charge is -2.34. The van der Waals surface area contributed by atoms with Crippen LogP contribution in [0.1, 0.15) is 11.4 Å². The molecule has 1 aromatic heterocycles. The fourth-order valence-corrected chi connectivity index (χ4v) is 4.33. The van der Waals surface area contributed by atoms with E-state index in [4.69, 9.17) is 21.3 Å². The Labute approximate surface area is 197 Å². The van der Waals surface area contributed by atoms with E-state index in [0.29, 0.717) is 17.3 Å². The van der Waals surface area contributed by atoms with Crippen molar-refractivity contribution in [2.45, 2.75) is 6.42 Å². The zero-order valence-corrected chi connectivity index (χ0v) is 19.3. The van der Waals surface area contributed by atoms with E-state index in [1.54, 1.807) is 24.3 Å². The molecule has 9 heteroatoms. The van der Waals surface area contributed by atoms with Crippen molar-refractivity contribution >= 4 is 34.2 Å². The summed E-state index contributed by atoms with van der Waals surface area (Å²) in [6, 6.07) is 17.3. The standard InChI is InChI=1S/C23H26ClN5O2S/c24-19-6-8-20(9-7-19)31-17-22(30)25-10-11-28-12-14-29(15-13-28)23-26-21(27-32-23)16-18-4-2-1-3-5-18/h1-9H,10-17H2,(H,25,30). The number of amides is 1. The molecule has 32 heavy (non-hydrogen) atoms. The van der Waals surface area contributed by atoms with Gasteiger partial charge in [-0.05, 0) is 29.8 Å². The number of hydrogen-bond acceptors (Lipinski definition) is 7. The second-order valence-corrected chi connectivity index (χ2v) is 8.74. The number of benzene rings is 2. The largest absolute Gasteiger partial charge is 0.484 e. The van der Waals surface area contributed by atoms with Crippen molar-refractivity contribution in [1.29, 1.82) is 0 Å². The predicted octanol–water partition coefficient (Wildman–Crippen LogP) is 3.10. The van der Waals surface area contributed by atoms with Crippen molar-refractivity contribution in [3.8, 4) is 5.75 Å². The summed E-state index contributed by atoms with van der Waals surface area (Å²) in [7, 11) is 0. The van der Waals surface area contributed by atoms with Gasteiger partial charge in [-0.25, -0.2) is 4.98 Å². The smallest absolute Gasteiger partial charge is 0.257 e. The summed E-state index contributed by atoms with van der Waals surface area (Å²) in [5.74, 6) is 1.38. The summed E-state index contributed by atoms with van der Waals surface area (Å²) in [5.41, 5.74) is 1.22. The first-order valence-electron chi connectivity index (χ1n) is 10.6. The minimum atomic E-state index is -0.126. The topological polar surface area (TPSA) is 70.6 Å². The van der Waals surface area contributed by atoms with E-state index >= 15 is 0 Å². The SMILES string of the molecule is O=C(COc1ccc(Cl)cc1)NCCN1CCN(c2nc(Cc3ccccc3)ns2)CC1. The predicted molar refractivity (Wildman–Crippen MR) is 128 cm³/mol. The van der Waals surface area contributed by atoms with Crippen LogP contribution in [0.5, 0.6) is 5.75 Å². The minimum Gasteiger partial charge on any atom is -0.484 e. The highest BCUT2D eigenvalue weighted by Crippen LogP contribution is 2.20. The van der Waals surface area contributed by atoms with Gasteiger partial charge in [0.1, 0.15) is 11.6 Å². The number of aromatic nitrogens is 2. The van der Waals surface area contributed by atoms with Crippen molar-refractivity contribution in [2.24, 2.45) is 0 Å². The third-order valence-electron chi connectivity index (χ3n) is 5.24. The number of rotatable bonds is 9. The van der Waals surface area contributed by atoms with Crippen molar-refractivity contribution in [3.63, 3.8) is 0 Å². The minimum absolute atomic E-state index is 0.00221. The van der Waals surface area contributed by atoms with Crippen molar-refractivity contribution in [2.75, 3.05) is 50.8 Å². The molecule has 1 fully saturated rings. The highest BCUT2D eigenvalue weighted by molar-refractivity contribution is 7.09. The van der Waals surface area contributed by atoms with E-state index in [0.717, 1.165) is 50.1 Å². The molecule has 1 amide bonds. The first kappa shape index (κ1) is 22.5. The maximum Gasteiger partial charge on any atom is 0.257 e. The molecule has 0 spiro atoms. The molecule has 4 rings (SSSR count). The number of halogens is 1. The summed E-state index contributed by atoms with van der Waals surface area (Å²) < 4.78 is 9.99. The van der Waals surface area contributed by atoms with Crippen molar-refractivity contribution < 1.29 is 9.53 Å². The van der Waals surface area contributed by atoms with Crippen LogP contribution in [-0.2, 0) is 11.2 Å². The number of hydrogen-bond donors (Lipinski definition) is 1. The van der Waals surface area contributed by atoms with E-state index < -0.39 is 0 Å². The lowest BCUT2D eigenvalue weighted by molar-refractivity contribution is -0.123. The highest BCUT2D eigenvalue weighted by Gasteiger charge is 2.20. The van der Waals surface area contributed by atoms with Gasteiger partial charge in [0.2, 0.25) is 5.13 Å². The summed E-state index contributed by atoms with van der Waals surface area (Å²) in [6.07, 6.45) is 0.763. The molecular formula is C23H26ClN5O2S. The lowest BCUT2D eigenvalue weighted by atomic mass is 10.1. The molecule has 1 aliphatic heterocycles. The number of nitrogens with zero attached hydrogens (tertiary/aromatic N) is 4. The summed E-state index contributed by atoms with van der Waals surface area (Å²) >= 11 is 7.31. The second kappa shape index (κ2) is 11.3. The summed E-state index contributed by atoms with van der Waals surface area (Å²) in [6.45, 7) is 5.10.